The maximum Gasteiger partial charge on any atom is 0.226 e. The van der Waals surface area contributed by atoms with E-state index in [-0.39, 0.29) is 11.0 Å². The second-order valence-electron chi connectivity index (χ2n) is 5.77. The van der Waals surface area contributed by atoms with Gasteiger partial charge in [-0.2, -0.15) is 5.26 Å². The fraction of sp³-hybridized carbons (Fsp3) is 0.562. The summed E-state index contributed by atoms with van der Waals surface area (Å²) in [5, 5.41) is 16.2. The van der Waals surface area contributed by atoms with Crippen LogP contribution in [0.3, 0.4) is 0 Å². The number of carbonyl (C=O) groups is 1. The Kier molecular flexibility index (Phi) is 5.92. The Morgan fingerprint density at radius 2 is 2.32 bits per heavy atom. The minimum atomic E-state index is -0.0761. The first-order valence-corrected chi connectivity index (χ1v) is 8.93. The first-order chi connectivity index (χ1) is 10.5. The maximum atomic E-state index is 11.7. The first-order valence-electron chi connectivity index (χ1n) is 7.70. The van der Waals surface area contributed by atoms with Crippen molar-refractivity contribution in [3.05, 3.63) is 16.0 Å². The summed E-state index contributed by atoms with van der Waals surface area (Å²) < 4.78 is 0. The van der Waals surface area contributed by atoms with Crippen molar-refractivity contribution < 1.29 is 4.79 Å². The van der Waals surface area contributed by atoms with Crippen LogP contribution in [0.1, 0.15) is 55.5 Å². The Morgan fingerprint density at radius 1 is 1.55 bits per heavy atom. The number of unbranched alkanes of at least 4 members (excludes halogenated alkanes) is 1. The molecule has 2 rings (SSSR count). The van der Waals surface area contributed by atoms with Crippen LogP contribution in [0, 0.1) is 17.2 Å². The van der Waals surface area contributed by atoms with Crippen molar-refractivity contribution >= 4 is 39.6 Å². The summed E-state index contributed by atoms with van der Waals surface area (Å²) in [5.41, 5.74) is 1.85. The fourth-order valence-corrected chi connectivity index (χ4v) is 4.26. The van der Waals surface area contributed by atoms with E-state index in [2.05, 4.69) is 23.6 Å². The van der Waals surface area contributed by atoms with E-state index in [9.17, 15) is 10.1 Å². The molecule has 118 valence electrons. The highest BCUT2D eigenvalue weighted by atomic mass is 32.1. The van der Waals surface area contributed by atoms with E-state index in [1.807, 2.05) is 6.92 Å². The third-order valence-electron chi connectivity index (χ3n) is 3.86. The fourth-order valence-electron chi connectivity index (χ4n) is 2.62. The largest absolute Gasteiger partial charge is 0.323 e. The number of amides is 1. The lowest BCUT2D eigenvalue weighted by atomic mass is 9.89. The van der Waals surface area contributed by atoms with Crippen LogP contribution in [0.2, 0.25) is 0 Å². The molecule has 0 saturated carbocycles. The van der Waals surface area contributed by atoms with E-state index < -0.39 is 0 Å². The number of carbonyl (C=O) groups excluding carboxylic acids is 1. The van der Waals surface area contributed by atoms with Gasteiger partial charge < -0.3 is 10.6 Å². The zero-order valence-corrected chi connectivity index (χ0v) is 14.6. The zero-order valence-electron chi connectivity index (χ0n) is 13.0. The number of nitriles is 1. The zero-order chi connectivity index (χ0) is 16.1. The number of thiocarbonyl (C=S) groups is 1. The molecule has 22 heavy (non-hydrogen) atoms. The van der Waals surface area contributed by atoms with Crippen LogP contribution in [-0.4, -0.2) is 11.0 Å². The molecule has 1 aromatic heterocycles. The maximum absolute atomic E-state index is 11.7. The number of rotatable bonds is 4. The lowest BCUT2D eigenvalue weighted by molar-refractivity contribution is -0.119. The monoisotopic (exact) mass is 335 g/mol. The van der Waals surface area contributed by atoms with E-state index in [1.165, 1.54) is 4.88 Å². The molecule has 2 N–H and O–H groups in total. The molecule has 1 aromatic rings. The Labute approximate surface area is 140 Å². The number of thiophene rings is 1. The van der Waals surface area contributed by atoms with Gasteiger partial charge in [0.05, 0.1) is 5.56 Å². The van der Waals surface area contributed by atoms with E-state index >= 15 is 0 Å². The minimum absolute atomic E-state index is 0.0761. The molecule has 0 aliphatic heterocycles. The number of nitrogens with one attached hydrogen (secondary N) is 2. The quantitative estimate of drug-likeness (QED) is 0.823. The third kappa shape index (κ3) is 4.05. The first kappa shape index (κ1) is 16.9. The molecule has 4 nitrogen and oxygen atoms in total. The number of anilines is 1. The number of hydrogen-bond donors (Lipinski definition) is 2. The van der Waals surface area contributed by atoms with Crippen molar-refractivity contribution in [1.29, 1.82) is 5.26 Å². The van der Waals surface area contributed by atoms with Gasteiger partial charge in [0.15, 0.2) is 5.11 Å². The molecule has 6 heteroatoms. The Morgan fingerprint density at radius 3 is 3.00 bits per heavy atom. The van der Waals surface area contributed by atoms with E-state index in [0.29, 0.717) is 17.9 Å². The van der Waals surface area contributed by atoms with Gasteiger partial charge in [0.25, 0.3) is 0 Å². The van der Waals surface area contributed by atoms with Crippen LogP contribution >= 0.6 is 23.6 Å². The Hall–Kier alpha value is -1.45. The summed E-state index contributed by atoms with van der Waals surface area (Å²) in [6, 6.07) is 2.29. The van der Waals surface area contributed by atoms with Gasteiger partial charge in [0, 0.05) is 11.3 Å². The molecule has 1 aliphatic rings. The van der Waals surface area contributed by atoms with Crippen molar-refractivity contribution in [3.63, 3.8) is 0 Å². The molecule has 0 bridgehead atoms. The molecule has 1 aliphatic carbocycles. The van der Waals surface area contributed by atoms with Gasteiger partial charge in [-0.05, 0) is 49.4 Å². The van der Waals surface area contributed by atoms with Crippen molar-refractivity contribution in [2.45, 2.75) is 52.4 Å². The number of nitrogens with zero attached hydrogens (tertiary/aromatic N) is 1. The van der Waals surface area contributed by atoms with Gasteiger partial charge in [-0.25, -0.2) is 0 Å². The smallest absolute Gasteiger partial charge is 0.226 e. The van der Waals surface area contributed by atoms with E-state index in [1.54, 1.807) is 11.3 Å². The van der Waals surface area contributed by atoms with Crippen LogP contribution in [0.25, 0.3) is 0 Å². The van der Waals surface area contributed by atoms with Gasteiger partial charge in [0.1, 0.15) is 11.1 Å². The van der Waals surface area contributed by atoms with Crippen molar-refractivity contribution in [3.8, 4) is 6.07 Å². The highest BCUT2D eigenvalue weighted by Gasteiger charge is 2.24. The number of fused-ring (bicyclic) bond motifs is 1. The summed E-state index contributed by atoms with van der Waals surface area (Å²) >= 11 is 6.78. The molecule has 0 radical (unpaired) electrons. The molecular weight excluding hydrogens is 314 g/mol. The van der Waals surface area contributed by atoms with Gasteiger partial charge >= 0.3 is 0 Å². The van der Waals surface area contributed by atoms with E-state index in [4.69, 9.17) is 12.2 Å². The average Bonchev–Trinajstić information content (AvgIpc) is 2.80. The molecule has 1 unspecified atom stereocenters. The van der Waals surface area contributed by atoms with Crippen molar-refractivity contribution in [1.82, 2.24) is 5.32 Å². The van der Waals surface area contributed by atoms with Gasteiger partial charge in [-0.15, -0.1) is 11.3 Å². The average molecular weight is 335 g/mol. The highest BCUT2D eigenvalue weighted by molar-refractivity contribution is 7.80. The van der Waals surface area contributed by atoms with Gasteiger partial charge in [-0.3, -0.25) is 4.79 Å². The third-order valence-corrected chi connectivity index (χ3v) is 5.23. The molecule has 0 fully saturated rings. The molecule has 1 heterocycles. The SMILES string of the molecule is CCCCC(=O)NC(=S)Nc1sc2c(c1C#N)CCC(C)C2. The normalized spacial score (nSPS) is 16.5. The molecule has 1 amide bonds. The van der Waals surface area contributed by atoms with Crippen molar-refractivity contribution in [2.75, 3.05) is 5.32 Å². The predicted molar refractivity (Wildman–Crippen MR) is 94.1 cm³/mol. The van der Waals surface area contributed by atoms with E-state index in [0.717, 1.165) is 42.7 Å². The van der Waals surface area contributed by atoms with Crippen molar-refractivity contribution in [2.24, 2.45) is 5.92 Å². The molecule has 0 aromatic carbocycles. The summed E-state index contributed by atoms with van der Waals surface area (Å²) in [4.78, 5) is 13.0. The Bertz CT molecular complexity index is 616. The van der Waals surface area contributed by atoms with Crippen LogP contribution in [0.15, 0.2) is 0 Å². The molecule has 0 saturated heterocycles. The summed E-state index contributed by atoms with van der Waals surface area (Å²) in [6.07, 6.45) is 5.39. The Balaban J connectivity index is 2.05. The summed E-state index contributed by atoms with van der Waals surface area (Å²) in [5.74, 6) is 0.582. The van der Waals surface area contributed by atoms with Crippen LogP contribution < -0.4 is 10.6 Å². The highest BCUT2D eigenvalue weighted by Crippen LogP contribution is 2.39. The molecule has 1 atom stereocenters. The topological polar surface area (TPSA) is 64.9 Å². The molecule has 0 spiro atoms. The molecular formula is C16H21N3OS2. The number of hydrogen-bond acceptors (Lipinski definition) is 4. The van der Waals surface area contributed by atoms with Crippen LogP contribution in [0.4, 0.5) is 5.00 Å². The second kappa shape index (κ2) is 7.70. The lowest BCUT2D eigenvalue weighted by Gasteiger charge is -2.17. The predicted octanol–water partition coefficient (Wildman–Crippen LogP) is 3.75. The van der Waals surface area contributed by atoms with Crippen LogP contribution in [-0.2, 0) is 17.6 Å². The second-order valence-corrected chi connectivity index (χ2v) is 7.29. The minimum Gasteiger partial charge on any atom is -0.323 e. The summed E-state index contributed by atoms with van der Waals surface area (Å²) in [6.45, 7) is 4.28. The summed E-state index contributed by atoms with van der Waals surface area (Å²) in [7, 11) is 0. The van der Waals surface area contributed by atoms with Crippen LogP contribution in [0.5, 0.6) is 0 Å². The standard InChI is InChI=1S/C16H21N3OS2/c1-3-4-5-14(20)18-16(21)19-15-12(9-17)11-7-6-10(2)8-13(11)22-15/h10H,3-8H2,1-2H3,(H2,18,19,20,21). The van der Waals surface area contributed by atoms with Gasteiger partial charge in [-0.1, -0.05) is 20.3 Å². The van der Waals surface area contributed by atoms with Gasteiger partial charge in [0.2, 0.25) is 5.91 Å². The lowest BCUT2D eigenvalue weighted by Crippen LogP contribution is -2.33.